The van der Waals surface area contributed by atoms with Crippen LogP contribution in [0.25, 0.3) is 0 Å². The van der Waals surface area contributed by atoms with Gasteiger partial charge in [-0.05, 0) is 33.8 Å². The van der Waals surface area contributed by atoms with Crippen LogP contribution in [0.1, 0.15) is 46.1 Å². The molecule has 1 heterocycles. The van der Waals surface area contributed by atoms with Crippen LogP contribution >= 0.6 is 0 Å². The molecule has 1 aliphatic rings. The van der Waals surface area contributed by atoms with Gasteiger partial charge in [0.1, 0.15) is 6.10 Å². The molecule has 1 saturated heterocycles. The minimum atomic E-state index is -0.506. The molecule has 2 rings (SSSR count). The average molecular weight is 324 g/mol. The molecule has 0 saturated carbocycles. The van der Waals surface area contributed by atoms with Crippen molar-refractivity contribution in [3.05, 3.63) is 29.8 Å². The molecule has 23 heavy (non-hydrogen) atoms. The van der Waals surface area contributed by atoms with Crippen LogP contribution in [0.15, 0.2) is 24.3 Å². The van der Waals surface area contributed by atoms with Gasteiger partial charge in [0.2, 0.25) is 0 Å². The van der Waals surface area contributed by atoms with Gasteiger partial charge < -0.3 is 19.1 Å². The van der Waals surface area contributed by atoms with Gasteiger partial charge in [0, 0.05) is 11.5 Å². The molecule has 1 aromatic carbocycles. The molecule has 1 unspecified atom stereocenters. The monoisotopic (exact) mass is 324 g/mol. The molecule has 2 atom stereocenters. The highest BCUT2D eigenvalue weighted by Crippen LogP contribution is 2.28. The number of ether oxygens (including phenoxy) is 3. The predicted molar refractivity (Wildman–Crippen MR) is 87.4 cm³/mol. The molecule has 0 N–H and O–H groups in total. The van der Waals surface area contributed by atoms with Crippen molar-refractivity contribution in [2.24, 2.45) is 0 Å². The normalized spacial score (nSPS) is 21.6. The van der Waals surface area contributed by atoms with Crippen molar-refractivity contribution in [3.63, 3.8) is 0 Å². The predicted octanol–water partition coefficient (Wildman–Crippen LogP) is 3.68. The zero-order valence-electron chi connectivity index (χ0n) is 14.7. The van der Waals surface area contributed by atoms with Crippen molar-refractivity contribution in [1.29, 1.82) is 0 Å². The van der Waals surface area contributed by atoms with E-state index in [4.69, 9.17) is 24.0 Å². The van der Waals surface area contributed by atoms with E-state index in [-0.39, 0.29) is 18.1 Å². The van der Waals surface area contributed by atoms with Gasteiger partial charge in [0.15, 0.2) is 11.5 Å². The van der Waals surface area contributed by atoms with Gasteiger partial charge in [-0.3, -0.25) is 0 Å². The smallest absolute Gasteiger partial charge is 0.168 e. The van der Waals surface area contributed by atoms with E-state index in [1.807, 2.05) is 52.0 Å². The van der Waals surface area contributed by atoms with Gasteiger partial charge in [-0.1, -0.05) is 25.1 Å². The van der Waals surface area contributed by atoms with E-state index in [1.54, 1.807) is 0 Å². The quantitative estimate of drug-likeness (QED) is 0.539. The van der Waals surface area contributed by atoms with Crippen molar-refractivity contribution < 1.29 is 24.0 Å². The zero-order valence-corrected chi connectivity index (χ0v) is 14.7. The number of para-hydroxylation sites is 1. The van der Waals surface area contributed by atoms with Crippen molar-refractivity contribution in [1.82, 2.24) is 0 Å². The fourth-order valence-electron chi connectivity index (χ4n) is 2.42. The Morgan fingerprint density at radius 2 is 1.96 bits per heavy atom. The summed E-state index contributed by atoms with van der Waals surface area (Å²) in [5, 5.41) is 0. The second kappa shape index (κ2) is 8.11. The number of hydrogen-bond donors (Lipinski definition) is 0. The Kier molecular flexibility index (Phi) is 6.41. The third kappa shape index (κ3) is 5.77. The fourth-order valence-corrected chi connectivity index (χ4v) is 2.42. The Morgan fingerprint density at radius 1 is 1.22 bits per heavy atom. The van der Waals surface area contributed by atoms with Gasteiger partial charge in [-0.15, -0.1) is 0 Å². The summed E-state index contributed by atoms with van der Waals surface area (Å²) in [7, 11) is 0. The highest BCUT2D eigenvalue weighted by molar-refractivity contribution is 5.35. The highest BCUT2D eigenvalue weighted by Gasteiger charge is 2.32. The van der Waals surface area contributed by atoms with Gasteiger partial charge >= 0.3 is 0 Å². The standard InChI is InChI=1S/C18H28O5/c1-13(2)22-23-17-9-7-6-8-16(17)14(3)10-19-11-15-12-20-18(4,5)21-15/h6-9,13-15H,10-12H2,1-5H3/t14?,15-/m0/s1. The first-order valence-corrected chi connectivity index (χ1v) is 8.19. The Bertz CT molecular complexity index is 486. The molecule has 0 spiro atoms. The number of rotatable bonds is 8. The van der Waals surface area contributed by atoms with Crippen LogP contribution in [0.4, 0.5) is 0 Å². The van der Waals surface area contributed by atoms with Gasteiger partial charge in [-0.2, -0.15) is 4.89 Å². The molecule has 130 valence electrons. The van der Waals surface area contributed by atoms with Crippen LogP contribution in [0.3, 0.4) is 0 Å². The van der Waals surface area contributed by atoms with Crippen molar-refractivity contribution in [2.75, 3.05) is 19.8 Å². The average Bonchev–Trinajstić information content (AvgIpc) is 2.84. The summed E-state index contributed by atoms with van der Waals surface area (Å²) in [5.74, 6) is 0.421. The summed E-state index contributed by atoms with van der Waals surface area (Å²) in [6.07, 6.45) is 0.00505. The maximum absolute atomic E-state index is 5.81. The summed E-state index contributed by atoms with van der Waals surface area (Å²) in [4.78, 5) is 10.7. The van der Waals surface area contributed by atoms with E-state index >= 15 is 0 Å². The summed E-state index contributed by atoms with van der Waals surface area (Å²) < 4.78 is 17.1. The minimum Gasteiger partial charge on any atom is -0.378 e. The first-order chi connectivity index (χ1) is 10.9. The Hall–Kier alpha value is -1.14. The Labute approximate surface area is 138 Å². The van der Waals surface area contributed by atoms with Gasteiger partial charge in [0.05, 0.1) is 25.9 Å². The Balaban J connectivity index is 1.82. The second-order valence-electron chi connectivity index (χ2n) is 6.66. The lowest BCUT2D eigenvalue weighted by Gasteiger charge is -2.19. The van der Waals surface area contributed by atoms with E-state index < -0.39 is 5.79 Å². The third-order valence-electron chi connectivity index (χ3n) is 3.52. The van der Waals surface area contributed by atoms with E-state index in [0.29, 0.717) is 19.8 Å². The van der Waals surface area contributed by atoms with Crippen LogP contribution < -0.4 is 4.89 Å². The molecule has 0 amide bonds. The summed E-state index contributed by atoms with van der Waals surface area (Å²) >= 11 is 0. The highest BCUT2D eigenvalue weighted by atomic mass is 17.2. The minimum absolute atomic E-state index is 0.00651. The third-order valence-corrected chi connectivity index (χ3v) is 3.52. The molecule has 1 aliphatic heterocycles. The molecule has 1 aromatic rings. The molecule has 0 aromatic heterocycles. The number of hydrogen-bond acceptors (Lipinski definition) is 5. The first kappa shape index (κ1) is 18.2. The summed E-state index contributed by atoms with van der Waals surface area (Å²) in [6.45, 7) is 11.5. The van der Waals surface area contributed by atoms with E-state index in [9.17, 15) is 0 Å². The maximum Gasteiger partial charge on any atom is 0.168 e. The Morgan fingerprint density at radius 3 is 2.61 bits per heavy atom. The lowest BCUT2D eigenvalue weighted by atomic mass is 10.0. The SMILES string of the molecule is CC(C)OOc1ccccc1C(C)COC[C@H]1COC(C)(C)O1. The lowest BCUT2D eigenvalue weighted by molar-refractivity contribution is -0.235. The lowest BCUT2D eigenvalue weighted by Crippen LogP contribution is -2.24. The molecule has 0 bridgehead atoms. The van der Waals surface area contributed by atoms with Crippen LogP contribution in [-0.2, 0) is 19.1 Å². The summed E-state index contributed by atoms with van der Waals surface area (Å²) in [5.41, 5.74) is 1.07. The largest absolute Gasteiger partial charge is 0.378 e. The summed E-state index contributed by atoms with van der Waals surface area (Å²) in [6, 6.07) is 7.86. The maximum atomic E-state index is 5.81. The van der Waals surface area contributed by atoms with Crippen LogP contribution in [-0.4, -0.2) is 37.8 Å². The molecular weight excluding hydrogens is 296 g/mol. The van der Waals surface area contributed by atoms with E-state index in [0.717, 1.165) is 11.3 Å². The zero-order chi connectivity index (χ0) is 16.9. The van der Waals surface area contributed by atoms with Crippen LogP contribution in [0, 0.1) is 0 Å². The van der Waals surface area contributed by atoms with Gasteiger partial charge in [-0.25, -0.2) is 0 Å². The van der Waals surface area contributed by atoms with Crippen molar-refractivity contribution in [2.45, 2.75) is 58.5 Å². The van der Waals surface area contributed by atoms with E-state index in [1.165, 1.54) is 0 Å². The second-order valence-corrected chi connectivity index (χ2v) is 6.66. The topological polar surface area (TPSA) is 46.2 Å². The van der Waals surface area contributed by atoms with Crippen LogP contribution in [0.5, 0.6) is 5.75 Å². The fraction of sp³-hybridized carbons (Fsp3) is 0.667. The van der Waals surface area contributed by atoms with E-state index in [2.05, 4.69) is 6.92 Å². The molecule has 0 radical (unpaired) electrons. The van der Waals surface area contributed by atoms with Crippen molar-refractivity contribution in [3.8, 4) is 5.75 Å². The van der Waals surface area contributed by atoms with Crippen LogP contribution in [0.2, 0.25) is 0 Å². The van der Waals surface area contributed by atoms with Crippen molar-refractivity contribution >= 4 is 0 Å². The van der Waals surface area contributed by atoms with Gasteiger partial charge in [0.25, 0.3) is 0 Å². The molecule has 5 heteroatoms. The number of benzene rings is 1. The molecule has 1 fully saturated rings. The first-order valence-electron chi connectivity index (χ1n) is 8.19. The molecular formula is C18H28O5. The molecule has 0 aliphatic carbocycles. The molecule has 5 nitrogen and oxygen atoms in total.